The second-order valence-electron chi connectivity index (χ2n) is 4.26. The Bertz CT molecular complexity index is 333. The number of hydrogen-bond donors (Lipinski definition) is 2. The number of anilines is 1. The van der Waals surface area contributed by atoms with E-state index >= 15 is 0 Å². The highest BCUT2D eigenvalue weighted by atomic mass is 16.3. The molecule has 1 heterocycles. The van der Waals surface area contributed by atoms with E-state index < -0.39 is 0 Å². The van der Waals surface area contributed by atoms with Gasteiger partial charge in [0.1, 0.15) is 0 Å². The maximum absolute atomic E-state index is 9.20. The van der Waals surface area contributed by atoms with Gasteiger partial charge in [-0.15, -0.1) is 0 Å². The molecular weight excluding hydrogens is 174 g/mol. The third-order valence-corrected chi connectivity index (χ3v) is 2.94. The second kappa shape index (κ2) is 3.62. The van der Waals surface area contributed by atoms with Gasteiger partial charge in [0.25, 0.3) is 0 Å². The van der Waals surface area contributed by atoms with Crippen molar-refractivity contribution < 1.29 is 5.11 Å². The van der Waals surface area contributed by atoms with Gasteiger partial charge in [0.2, 0.25) is 0 Å². The highest BCUT2D eigenvalue weighted by molar-refractivity contribution is 5.59. The summed E-state index contributed by atoms with van der Waals surface area (Å²) in [6.45, 7) is 5.49. The van der Waals surface area contributed by atoms with E-state index in [2.05, 4.69) is 37.4 Å². The molecule has 2 nitrogen and oxygen atoms in total. The minimum Gasteiger partial charge on any atom is -0.396 e. The van der Waals surface area contributed by atoms with Gasteiger partial charge in [-0.1, -0.05) is 26.0 Å². The lowest BCUT2D eigenvalue weighted by molar-refractivity contribution is 0.273. The van der Waals surface area contributed by atoms with Gasteiger partial charge in [0, 0.05) is 18.2 Å². The van der Waals surface area contributed by atoms with E-state index in [1.165, 1.54) is 16.8 Å². The summed E-state index contributed by atoms with van der Waals surface area (Å²) in [5.74, 6) is 0.837. The third kappa shape index (κ3) is 1.50. The standard InChI is InChI=1S/C12H17NO/c1-8(2)9-3-4-12-11(5-9)10(7-14)6-13-12/h3-5,8,10,13-14H,6-7H2,1-2H3. The van der Waals surface area contributed by atoms with E-state index in [0.29, 0.717) is 5.92 Å². The summed E-state index contributed by atoms with van der Waals surface area (Å²) < 4.78 is 0. The van der Waals surface area contributed by atoms with Crippen LogP contribution in [-0.4, -0.2) is 18.3 Å². The summed E-state index contributed by atoms with van der Waals surface area (Å²) in [5.41, 5.74) is 3.82. The van der Waals surface area contributed by atoms with E-state index in [0.717, 1.165) is 6.54 Å². The molecule has 1 unspecified atom stereocenters. The Morgan fingerprint density at radius 3 is 2.93 bits per heavy atom. The molecule has 1 aliphatic rings. The molecule has 0 aliphatic carbocycles. The first-order chi connectivity index (χ1) is 6.72. The summed E-state index contributed by atoms with van der Waals surface area (Å²) in [7, 11) is 0. The van der Waals surface area contributed by atoms with Crippen LogP contribution in [0.25, 0.3) is 0 Å². The Hall–Kier alpha value is -1.02. The van der Waals surface area contributed by atoms with Crippen LogP contribution in [-0.2, 0) is 0 Å². The van der Waals surface area contributed by atoms with Crippen molar-refractivity contribution in [3.8, 4) is 0 Å². The minimum absolute atomic E-state index is 0.238. The zero-order valence-corrected chi connectivity index (χ0v) is 8.75. The van der Waals surface area contributed by atoms with Crippen molar-refractivity contribution in [2.75, 3.05) is 18.5 Å². The maximum atomic E-state index is 9.20. The quantitative estimate of drug-likeness (QED) is 0.752. The third-order valence-electron chi connectivity index (χ3n) is 2.94. The Balaban J connectivity index is 2.37. The smallest absolute Gasteiger partial charge is 0.0517 e. The zero-order valence-electron chi connectivity index (χ0n) is 8.75. The molecule has 0 radical (unpaired) electrons. The van der Waals surface area contributed by atoms with Crippen LogP contribution in [0.1, 0.15) is 36.8 Å². The molecule has 0 saturated heterocycles. The van der Waals surface area contributed by atoms with Crippen molar-refractivity contribution in [2.45, 2.75) is 25.7 Å². The predicted octanol–water partition coefficient (Wildman–Crippen LogP) is 2.31. The molecule has 14 heavy (non-hydrogen) atoms. The largest absolute Gasteiger partial charge is 0.396 e. The molecule has 1 aromatic rings. The molecular formula is C12H17NO. The molecule has 2 N–H and O–H groups in total. The second-order valence-corrected chi connectivity index (χ2v) is 4.26. The summed E-state index contributed by atoms with van der Waals surface area (Å²) in [4.78, 5) is 0. The lowest BCUT2D eigenvalue weighted by Crippen LogP contribution is -2.06. The van der Waals surface area contributed by atoms with Crippen LogP contribution in [0.15, 0.2) is 18.2 Å². The topological polar surface area (TPSA) is 32.3 Å². The van der Waals surface area contributed by atoms with Gasteiger partial charge < -0.3 is 10.4 Å². The normalized spacial score (nSPS) is 19.6. The molecule has 0 spiro atoms. The van der Waals surface area contributed by atoms with Crippen molar-refractivity contribution >= 4 is 5.69 Å². The van der Waals surface area contributed by atoms with E-state index in [1.54, 1.807) is 0 Å². The average molecular weight is 191 g/mol. The first-order valence-corrected chi connectivity index (χ1v) is 5.21. The average Bonchev–Trinajstić information content (AvgIpc) is 2.59. The lowest BCUT2D eigenvalue weighted by atomic mass is 9.95. The first kappa shape index (κ1) is 9.53. The monoisotopic (exact) mass is 191 g/mol. The fourth-order valence-electron chi connectivity index (χ4n) is 1.95. The molecule has 1 atom stereocenters. The SMILES string of the molecule is CC(C)c1ccc2c(c1)C(CO)CN2. The molecule has 2 heteroatoms. The predicted molar refractivity (Wildman–Crippen MR) is 58.8 cm³/mol. The molecule has 2 rings (SSSR count). The van der Waals surface area contributed by atoms with Crippen molar-refractivity contribution in [2.24, 2.45) is 0 Å². The molecule has 1 aliphatic heterocycles. The van der Waals surface area contributed by atoms with Crippen LogP contribution in [0, 0.1) is 0 Å². The van der Waals surface area contributed by atoms with Gasteiger partial charge in [-0.3, -0.25) is 0 Å². The zero-order chi connectivity index (χ0) is 10.1. The minimum atomic E-state index is 0.238. The van der Waals surface area contributed by atoms with E-state index in [-0.39, 0.29) is 12.5 Å². The van der Waals surface area contributed by atoms with Crippen LogP contribution in [0.4, 0.5) is 5.69 Å². The highest BCUT2D eigenvalue weighted by Crippen LogP contribution is 2.33. The van der Waals surface area contributed by atoms with E-state index in [1.807, 2.05) is 0 Å². The highest BCUT2D eigenvalue weighted by Gasteiger charge is 2.21. The van der Waals surface area contributed by atoms with Gasteiger partial charge in [-0.05, 0) is 23.1 Å². The molecule has 0 aromatic heterocycles. The van der Waals surface area contributed by atoms with Crippen LogP contribution in [0.3, 0.4) is 0 Å². The lowest BCUT2D eigenvalue weighted by Gasteiger charge is -2.10. The van der Waals surface area contributed by atoms with Crippen molar-refractivity contribution in [3.05, 3.63) is 29.3 Å². The number of fused-ring (bicyclic) bond motifs is 1. The number of aliphatic hydroxyl groups excluding tert-OH is 1. The van der Waals surface area contributed by atoms with Gasteiger partial charge in [-0.25, -0.2) is 0 Å². The fraction of sp³-hybridized carbons (Fsp3) is 0.500. The van der Waals surface area contributed by atoms with Crippen LogP contribution >= 0.6 is 0 Å². The molecule has 0 saturated carbocycles. The molecule has 1 aromatic carbocycles. The first-order valence-electron chi connectivity index (χ1n) is 5.21. The van der Waals surface area contributed by atoms with Gasteiger partial charge >= 0.3 is 0 Å². The van der Waals surface area contributed by atoms with Gasteiger partial charge in [-0.2, -0.15) is 0 Å². The molecule has 76 valence electrons. The van der Waals surface area contributed by atoms with Crippen molar-refractivity contribution in [1.29, 1.82) is 0 Å². The van der Waals surface area contributed by atoms with Crippen LogP contribution < -0.4 is 5.32 Å². The number of hydrogen-bond acceptors (Lipinski definition) is 2. The molecule has 0 fully saturated rings. The fourth-order valence-corrected chi connectivity index (χ4v) is 1.95. The van der Waals surface area contributed by atoms with Crippen molar-refractivity contribution in [3.63, 3.8) is 0 Å². The summed E-state index contributed by atoms with van der Waals surface area (Å²) in [6.07, 6.45) is 0. The number of aliphatic hydroxyl groups is 1. The number of rotatable bonds is 2. The van der Waals surface area contributed by atoms with Crippen LogP contribution in [0.5, 0.6) is 0 Å². The summed E-state index contributed by atoms with van der Waals surface area (Å²) >= 11 is 0. The molecule has 0 amide bonds. The Morgan fingerprint density at radius 2 is 2.29 bits per heavy atom. The Kier molecular flexibility index (Phi) is 2.46. The maximum Gasteiger partial charge on any atom is 0.0517 e. The van der Waals surface area contributed by atoms with E-state index in [9.17, 15) is 5.11 Å². The number of nitrogens with one attached hydrogen (secondary N) is 1. The van der Waals surface area contributed by atoms with Crippen LogP contribution in [0.2, 0.25) is 0 Å². The van der Waals surface area contributed by atoms with E-state index in [4.69, 9.17) is 0 Å². The van der Waals surface area contributed by atoms with Crippen molar-refractivity contribution in [1.82, 2.24) is 0 Å². The Labute approximate surface area is 85.0 Å². The summed E-state index contributed by atoms with van der Waals surface area (Å²) in [6, 6.07) is 6.51. The van der Waals surface area contributed by atoms with Gasteiger partial charge in [0.05, 0.1) is 6.61 Å². The molecule has 0 bridgehead atoms. The number of benzene rings is 1. The van der Waals surface area contributed by atoms with Gasteiger partial charge in [0.15, 0.2) is 0 Å². The Morgan fingerprint density at radius 1 is 1.50 bits per heavy atom. The summed E-state index contributed by atoms with van der Waals surface area (Å²) in [5, 5.41) is 12.5.